The third-order valence-corrected chi connectivity index (χ3v) is 5.90. The van der Waals surface area contributed by atoms with Gasteiger partial charge in [0.05, 0.1) is 21.5 Å². The van der Waals surface area contributed by atoms with Crippen LogP contribution in [0.25, 0.3) is 0 Å². The second kappa shape index (κ2) is 6.66. The van der Waals surface area contributed by atoms with Crippen molar-refractivity contribution >= 4 is 66.4 Å². The average Bonchev–Trinajstić information content (AvgIpc) is 2.29. The highest BCUT2D eigenvalue weighted by molar-refractivity contribution is 9.10. The summed E-state index contributed by atoms with van der Waals surface area (Å²) in [6.45, 7) is 1.75. The number of rotatable bonds is 5. The van der Waals surface area contributed by atoms with Gasteiger partial charge >= 0.3 is 0 Å². The van der Waals surface area contributed by atoms with Gasteiger partial charge in [0.1, 0.15) is 0 Å². The highest BCUT2D eigenvalue weighted by Crippen LogP contribution is 2.36. The summed E-state index contributed by atoms with van der Waals surface area (Å²) in [5.74, 6) is 0.0600. The molecule has 0 bridgehead atoms. The summed E-state index contributed by atoms with van der Waals surface area (Å²) in [5, 5.41) is 0.426. The Labute approximate surface area is 130 Å². The molecule has 1 aromatic carbocycles. The smallest absolute Gasteiger partial charge is 0.233 e. The second-order valence-corrected chi connectivity index (χ2v) is 7.55. The first-order valence-corrected chi connectivity index (χ1v) is 8.70. The minimum absolute atomic E-state index is 0.0689. The van der Waals surface area contributed by atoms with Crippen LogP contribution in [0.15, 0.2) is 16.6 Å². The first-order valence-electron chi connectivity index (χ1n) is 4.96. The highest BCUT2D eigenvalue weighted by Gasteiger charge is 2.18. The van der Waals surface area contributed by atoms with Gasteiger partial charge in [-0.1, -0.05) is 30.1 Å². The quantitative estimate of drug-likeness (QED) is 0.594. The van der Waals surface area contributed by atoms with Crippen molar-refractivity contribution in [2.75, 3.05) is 16.4 Å². The zero-order chi connectivity index (χ0) is 13.9. The lowest BCUT2D eigenvalue weighted by atomic mass is 10.3. The molecule has 18 heavy (non-hydrogen) atoms. The first-order chi connectivity index (χ1) is 8.26. The van der Waals surface area contributed by atoms with E-state index in [1.807, 2.05) is 0 Å². The Balaban J connectivity index is 2.95. The Hall–Kier alpha value is 0.320. The number of sulfonamides is 1. The zero-order valence-corrected chi connectivity index (χ0v) is 14.1. The van der Waals surface area contributed by atoms with Crippen LogP contribution >= 0.6 is 50.7 Å². The normalized spacial score (nSPS) is 13.4. The van der Waals surface area contributed by atoms with Crippen LogP contribution in [0.4, 0.5) is 5.69 Å². The van der Waals surface area contributed by atoms with Crippen molar-refractivity contribution in [1.29, 1.82) is 0 Å². The third kappa shape index (κ3) is 4.46. The van der Waals surface area contributed by atoms with Gasteiger partial charge in [0.25, 0.3) is 0 Å². The van der Waals surface area contributed by atoms with Crippen molar-refractivity contribution in [3.8, 4) is 0 Å². The molecule has 0 saturated carbocycles. The van der Waals surface area contributed by atoms with Gasteiger partial charge in [0.2, 0.25) is 10.0 Å². The number of halogens is 4. The summed E-state index contributed by atoms with van der Waals surface area (Å²) >= 11 is 20.7. The first kappa shape index (κ1) is 16.4. The van der Waals surface area contributed by atoms with Crippen molar-refractivity contribution in [2.45, 2.75) is 6.92 Å². The monoisotopic (exact) mass is 393 g/mol. The fraction of sp³-hybridized carbons (Fsp3) is 0.400. The van der Waals surface area contributed by atoms with Crippen LogP contribution in [-0.4, -0.2) is 20.1 Å². The molecule has 0 heterocycles. The summed E-state index contributed by atoms with van der Waals surface area (Å²) in [4.78, 5) is 0. The summed E-state index contributed by atoms with van der Waals surface area (Å²) in [7, 11) is -3.49. The Morgan fingerprint density at radius 3 is 2.50 bits per heavy atom. The van der Waals surface area contributed by atoms with Gasteiger partial charge in [-0.2, -0.15) is 0 Å². The average molecular weight is 396 g/mol. The van der Waals surface area contributed by atoms with Crippen molar-refractivity contribution < 1.29 is 8.42 Å². The molecule has 1 aromatic rings. The summed E-state index contributed by atoms with van der Waals surface area (Å²) in [6, 6.07) is 3.16. The van der Waals surface area contributed by atoms with Crippen molar-refractivity contribution in [3.05, 3.63) is 26.7 Å². The largest absolute Gasteiger partial charge is 0.282 e. The van der Waals surface area contributed by atoms with Gasteiger partial charge in [0, 0.05) is 10.4 Å². The minimum atomic E-state index is -3.49. The van der Waals surface area contributed by atoms with Gasteiger partial charge in [0.15, 0.2) is 0 Å². The molecule has 102 valence electrons. The Kier molecular flexibility index (Phi) is 6.06. The minimum Gasteiger partial charge on any atom is -0.282 e. The summed E-state index contributed by atoms with van der Waals surface area (Å²) < 4.78 is 26.7. The van der Waals surface area contributed by atoms with Gasteiger partial charge in [-0.05, 0) is 34.0 Å². The zero-order valence-electron chi connectivity index (χ0n) is 9.38. The van der Waals surface area contributed by atoms with Crippen LogP contribution in [0.3, 0.4) is 0 Å². The molecule has 0 aromatic heterocycles. The molecule has 8 heteroatoms. The molecule has 1 unspecified atom stereocenters. The Morgan fingerprint density at radius 1 is 1.33 bits per heavy atom. The van der Waals surface area contributed by atoms with Gasteiger partial charge in [-0.15, -0.1) is 11.6 Å². The van der Waals surface area contributed by atoms with Crippen LogP contribution in [0.5, 0.6) is 0 Å². The lowest BCUT2D eigenvalue weighted by Crippen LogP contribution is -2.22. The maximum atomic E-state index is 11.8. The number of hydrogen-bond acceptors (Lipinski definition) is 2. The summed E-state index contributed by atoms with van der Waals surface area (Å²) in [5.41, 5.74) is 0.256. The molecule has 1 N–H and O–H groups in total. The van der Waals surface area contributed by atoms with E-state index in [-0.39, 0.29) is 33.3 Å². The fourth-order valence-corrected chi connectivity index (χ4v) is 3.80. The van der Waals surface area contributed by atoms with Crippen LogP contribution < -0.4 is 4.72 Å². The Morgan fingerprint density at radius 2 is 1.94 bits per heavy atom. The van der Waals surface area contributed by atoms with Crippen LogP contribution in [0, 0.1) is 5.92 Å². The predicted octanol–water partition coefficient (Wildman–Crippen LogP) is 4.37. The molecule has 0 aliphatic heterocycles. The maximum Gasteiger partial charge on any atom is 0.233 e. The van der Waals surface area contributed by atoms with Crippen LogP contribution in [-0.2, 0) is 10.0 Å². The van der Waals surface area contributed by atoms with Crippen molar-refractivity contribution in [2.24, 2.45) is 5.92 Å². The number of anilines is 1. The lowest BCUT2D eigenvalue weighted by Gasteiger charge is -2.13. The Bertz CT molecular complexity index is 536. The van der Waals surface area contributed by atoms with Crippen LogP contribution in [0.1, 0.15) is 6.92 Å². The van der Waals surface area contributed by atoms with E-state index in [2.05, 4.69) is 20.7 Å². The number of alkyl halides is 1. The molecule has 1 atom stereocenters. The van der Waals surface area contributed by atoms with Crippen LogP contribution in [0.2, 0.25) is 10.0 Å². The summed E-state index contributed by atoms with van der Waals surface area (Å²) in [6.07, 6.45) is 0. The number of nitrogens with one attached hydrogen (secondary N) is 1. The topological polar surface area (TPSA) is 46.2 Å². The molecule has 0 amide bonds. The molecule has 0 saturated heterocycles. The van der Waals surface area contributed by atoms with Gasteiger partial charge < -0.3 is 0 Å². The van der Waals surface area contributed by atoms with E-state index < -0.39 is 10.0 Å². The third-order valence-electron chi connectivity index (χ3n) is 2.07. The van der Waals surface area contributed by atoms with E-state index in [0.29, 0.717) is 4.47 Å². The van der Waals surface area contributed by atoms with Crippen molar-refractivity contribution in [3.63, 3.8) is 0 Å². The van der Waals surface area contributed by atoms with E-state index in [1.54, 1.807) is 19.1 Å². The van der Waals surface area contributed by atoms with Gasteiger partial charge in [-0.3, -0.25) is 4.72 Å². The lowest BCUT2D eigenvalue weighted by molar-refractivity contribution is 0.588. The highest BCUT2D eigenvalue weighted by atomic mass is 79.9. The molecule has 0 aliphatic carbocycles. The molecule has 0 spiro atoms. The molecule has 0 aliphatic rings. The molecule has 3 nitrogen and oxygen atoms in total. The van der Waals surface area contributed by atoms with E-state index in [9.17, 15) is 8.42 Å². The van der Waals surface area contributed by atoms with E-state index in [4.69, 9.17) is 34.8 Å². The van der Waals surface area contributed by atoms with Crippen molar-refractivity contribution in [1.82, 2.24) is 0 Å². The SMILES string of the molecule is CC(CCl)CS(=O)(=O)Nc1ccc(Br)c(Cl)c1Cl. The van der Waals surface area contributed by atoms with E-state index in [1.165, 1.54) is 0 Å². The van der Waals surface area contributed by atoms with E-state index >= 15 is 0 Å². The second-order valence-electron chi connectivity index (χ2n) is 3.87. The number of hydrogen-bond donors (Lipinski definition) is 1. The molecule has 1 rings (SSSR count). The molecule has 0 radical (unpaired) electrons. The van der Waals surface area contributed by atoms with Gasteiger partial charge in [-0.25, -0.2) is 8.42 Å². The molecular weight excluding hydrogens is 384 g/mol. The fourth-order valence-electron chi connectivity index (χ4n) is 1.23. The maximum absolute atomic E-state index is 11.8. The number of benzene rings is 1. The standard InChI is InChI=1S/C10H11BrCl3NO2S/c1-6(4-12)5-18(16,17)15-8-3-2-7(11)9(13)10(8)14/h2-3,6,15H,4-5H2,1H3. The molecular formula is C10H11BrCl3NO2S. The predicted molar refractivity (Wildman–Crippen MR) is 81.5 cm³/mol. The molecule has 0 fully saturated rings. The van der Waals surface area contributed by atoms with E-state index in [0.717, 1.165) is 0 Å².